The Morgan fingerprint density at radius 2 is 2.07 bits per heavy atom. The third-order valence-electron chi connectivity index (χ3n) is 2.65. The van der Waals surface area contributed by atoms with E-state index in [4.69, 9.17) is 4.74 Å². The lowest BCUT2D eigenvalue weighted by molar-refractivity contribution is 0.0658. The van der Waals surface area contributed by atoms with Gasteiger partial charge in [0.05, 0.1) is 5.70 Å². The molecule has 0 spiro atoms. The zero-order chi connectivity index (χ0) is 10.9. The smallest absolute Gasteiger partial charge is 0.126 e. The predicted octanol–water partition coefficient (Wildman–Crippen LogP) is 2.96. The van der Waals surface area contributed by atoms with Crippen molar-refractivity contribution in [2.45, 2.75) is 39.3 Å². The molecule has 0 bridgehead atoms. The van der Waals surface area contributed by atoms with Gasteiger partial charge in [0, 0.05) is 17.6 Å². The van der Waals surface area contributed by atoms with Crippen LogP contribution in [0.1, 0.15) is 27.7 Å². The van der Waals surface area contributed by atoms with Crippen LogP contribution >= 0.6 is 15.9 Å². The molecule has 0 aromatic heterocycles. The molecular weight excluding hydrogens is 242 g/mol. The number of nitrogens with one attached hydrogen (secondary N) is 1. The van der Waals surface area contributed by atoms with Crippen LogP contribution in [0.25, 0.3) is 0 Å². The van der Waals surface area contributed by atoms with E-state index in [1.54, 1.807) is 7.11 Å². The maximum absolute atomic E-state index is 5.58. The minimum Gasteiger partial charge on any atom is -0.383 e. The number of ether oxygens (including phenoxy) is 1. The Balaban J connectivity index is 2.99. The molecule has 1 aliphatic rings. The van der Waals surface area contributed by atoms with Gasteiger partial charge in [-0.2, -0.15) is 0 Å². The van der Waals surface area contributed by atoms with Gasteiger partial charge >= 0.3 is 0 Å². The molecule has 14 heavy (non-hydrogen) atoms. The molecule has 80 valence electrons. The molecule has 1 aliphatic carbocycles. The highest BCUT2D eigenvalue weighted by Gasteiger charge is 2.37. The Morgan fingerprint density at radius 3 is 2.50 bits per heavy atom. The molecule has 0 radical (unpaired) electrons. The fourth-order valence-corrected chi connectivity index (χ4v) is 2.42. The van der Waals surface area contributed by atoms with Crippen LogP contribution in [-0.2, 0) is 4.74 Å². The molecule has 1 rings (SSSR count). The molecule has 0 aromatic rings. The van der Waals surface area contributed by atoms with Crippen LogP contribution < -0.4 is 5.32 Å². The highest BCUT2D eigenvalue weighted by atomic mass is 79.9. The fraction of sp³-hybridized carbons (Fsp3) is 0.636. The van der Waals surface area contributed by atoms with Gasteiger partial charge in [0.1, 0.15) is 5.60 Å². The molecule has 0 fully saturated rings. The van der Waals surface area contributed by atoms with Crippen LogP contribution in [0.3, 0.4) is 0 Å². The van der Waals surface area contributed by atoms with E-state index in [9.17, 15) is 0 Å². The lowest BCUT2D eigenvalue weighted by Gasteiger charge is -2.30. The Labute approximate surface area is 94.5 Å². The molecule has 0 saturated carbocycles. The summed E-state index contributed by atoms with van der Waals surface area (Å²) in [5.74, 6) is 0. The van der Waals surface area contributed by atoms with Gasteiger partial charge in [-0.15, -0.1) is 0 Å². The number of hydrogen-bond acceptors (Lipinski definition) is 2. The van der Waals surface area contributed by atoms with E-state index in [1.807, 2.05) is 0 Å². The molecule has 0 aromatic carbocycles. The number of methoxy groups -OCH3 is 1. The monoisotopic (exact) mass is 259 g/mol. The zero-order valence-electron chi connectivity index (χ0n) is 9.44. The van der Waals surface area contributed by atoms with Gasteiger partial charge in [-0.1, -0.05) is 0 Å². The molecule has 0 aliphatic heterocycles. The molecule has 1 atom stereocenters. The van der Waals surface area contributed by atoms with Crippen LogP contribution in [-0.4, -0.2) is 18.8 Å². The molecule has 2 nitrogen and oxygen atoms in total. The van der Waals surface area contributed by atoms with Crippen molar-refractivity contribution < 1.29 is 4.74 Å². The van der Waals surface area contributed by atoms with Crippen LogP contribution in [0.5, 0.6) is 0 Å². The van der Waals surface area contributed by atoms with E-state index < -0.39 is 0 Å². The van der Waals surface area contributed by atoms with E-state index >= 15 is 0 Å². The summed E-state index contributed by atoms with van der Waals surface area (Å²) >= 11 is 3.55. The summed E-state index contributed by atoms with van der Waals surface area (Å²) in [6.07, 6.45) is 2.11. The minimum atomic E-state index is -0.302. The predicted molar refractivity (Wildman–Crippen MR) is 63.4 cm³/mol. The first-order chi connectivity index (χ1) is 6.41. The molecule has 0 heterocycles. The van der Waals surface area contributed by atoms with Crippen molar-refractivity contribution in [1.29, 1.82) is 0 Å². The van der Waals surface area contributed by atoms with Crippen LogP contribution in [0.15, 0.2) is 21.8 Å². The second kappa shape index (κ2) is 4.07. The standard InChI is InChI=1S/C11H18BrNO/c1-7(2)13-10-9(12)6-8(3)11(10,4)14-5/h6-7,13H,1-5H3. The highest BCUT2D eigenvalue weighted by molar-refractivity contribution is 9.11. The van der Waals surface area contributed by atoms with Gasteiger partial charge in [0.2, 0.25) is 0 Å². The van der Waals surface area contributed by atoms with Crippen molar-refractivity contribution in [2.24, 2.45) is 0 Å². The summed E-state index contributed by atoms with van der Waals surface area (Å²) in [4.78, 5) is 0. The van der Waals surface area contributed by atoms with Crippen molar-refractivity contribution in [1.82, 2.24) is 5.32 Å². The Morgan fingerprint density at radius 1 is 1.50 bits per heavy atom. The van der Waals surface area contributed by atoms with Gasteiger partial charge in [-0.25, -0.2) is 0 Å². The van der Waals surface area contributed by atoms with Crippen molar-refractivity contribution in [3.63, 3.8) is 0 Å². The van der Waals surface area contributed by atoms with Crippen molar-refractivity contribution in [3.8, 4) is 0 Å². The van der Waals surface area contributed by atoms with Crippen LogP contribution in [0, 0.1) is 0 Å². The summed E-state index contributed by atoms with van der Waals surface area (Å²) in [6.45, 7) is 8.41. The summed E-state index contributed by atoms with van der Waals surface area (Å²) in [6, 6.07) is 0.409. The first-order valence-electron chi connectivity index (χ1n) is 4.82. The summed E-state index contributed by atoms with van der Waals surface area (Å²) in [7, 11) is 1.74. The molecule has 1 N–H and O–H groups in total. The largest absolute Gasteiger partial charge is 0.383 e. The average molecular weight is 260 g/mol. The second-order valence-electron chi connectivity index (χ2n) is 4.09. The van der Waals surface area contributed by atoms with Gasteiger partial charge in [-0.3, -0.25) is 0 Å². The average Bonchev–Trinajstić information content (AvgIpc) is 2.30. The quantitative estimate of drug-likeness (QED) is 0.842. The first-order valence-corrected chi connectivity index (χ1v) is 5.62. The third-order valence-corrected chi connectivity index (χ3v) is 3.28. The SMILES string of the molecule is COC1(C)C(C)=CC(Br)=C1NC(C)C. The van der Waals surface area contributed by atoms with E-state index in [0.717, 1.165) is 10.2 Å². The molecule has 0 amide bonds. The second-order valence-corrected chi connectivity index (χ2v) is 4.94. The number of halogens is 1. The topological polar surface area (TPSA) is 21.3 Å². The number of allylic oxidation sites excluding steroid dienone is 2. The van der Waals surface area contributed by atoms with Gasteiger partial charge in [0.15, 0.2) is 0 Å². The summed E-state index contributed by atoms with van der Waals surface area (Å²) in [5, 5.41) is 3.42. The minimum absolute atomic E-state index is 0.302. The van der Waals surface area contributed by atoms with E-state index in [-0.39, 0.29) is 5.60 Å². The van der Waals surface area contributed by atoms with Crippen LogP contribution in [0.4, 0.5) is 0 Å². The zero-order valence-corrected chi connectivity index (χ0v) is 11.0. The van der Waals surface area contributed by atoms with Crippen LogP contribution in [0.2, 0.25) is 0 Å². The Bertz CT molecular complexity index is 294. The first kappa shape index (κ1) is 11.8. The van der Waals surface area contributed by atoms with Gasteiger partial charge in [-0.05, 0) is 55.3 Å². The highest BCUT2D eigenvalue weighted by Crippen LogP contribution is 2.38. The Kier molecular flexibility index (Phi) is 3.43. The molecular formula is C11H18BrNO. The lowest BCUT2D eigenvalue weighted by atomic mass is 9.97. The summed E-state index contributed by atoms with van der Waals surface area (Å²) < 4.78 is 6.67. The van der Waals surface area contributed by atoms with Crippen molar-refractivity contribution in [2.75, 3.05) is 7.11 Å². The van der Waals surface area contributed by atoms with E-state index in [1.165, 1.54) is 5.57 Å². The molecule has 1 unspecified atom stereocenters. The Hall–Kier alpha value is -0.280. The maximum atomic E-state index is 5.58. The third kappa shape index (κ3) is 1.89. The number of rotatable bonds is 3. The summed E-state index contributed by atoms with van der Waals surface area (Å²) in [5.41, 5.74) is 2.03. The van der Waals surface area contributed by atoms with Gasteiger partial charge in [0.25, 0.3) is 0 Å². The van der Waals surface area contributed by atoms with Gasteiger partial charge < -0.3 is 10.1 Å². The maximum Gasteiger partial charge on any atom is 0.126 e. The van der Waals surface area contributed by atoms with E-state index in [0.29, 0.717) is 6.04 Å². The van der Waals surface area contributed by atoms with E-state index in [2.05, 4.69) is 55.0 Å². The van der Waals surface area contributed by atoms with Crippen molar-refractivity contribution >= 4 is 15.9 Å². The normalized spacial score (nSPS) is 27.2. The lowest BCUT2D eigenvalue weighted by Crippen LogP contribution is -2.39. The van der Waals surface area contributed by atoms with Crippen molar-refractivity contribution in [3.05, 3.63) is 21.8 Å². The molecule has 3 heteroatoms. The number of hydrogen-bond donors (Lipinski definition) is 1. The fourth-order valence-electron chi connectivity index (χ4n) is 1.58. The molecule has 0 saturated heterocycles.